The van der Waals surface area contributed by atoms with Crippen LogP contribution < -0.4 is 4.90 Å². The van der Waals surface area contributed by atoms with Crippen molar-refractivity contribution in [1.82, 2.24) is 9.55 Å². The van der Waals surface area contributed by atoms with Crippen LogP contribution in [0.4, 0.5) is 5.95 Å². The molecular formula is C8H13N3. The first-order valence-electron chi connectivity index (χ1n) is 4.18. The summed E-state index contributed by atoms with van der Waals surface area (Å²) in [6.45, 7) is 5.53. The van der Waals surface area contributed by atoms with E-state index in [2.05, 4.69) is 27.6 Å². The van der Waals surface area contributed by atoms with E-state index in [1.54, 1.807) is 0 Å². The number of hydrogen-bond donors (Lipinski definition) is 0. The van der Waals surface area contributed by atoms with E-state index in [1.807, 2.05) is 6.20 Å². The third kappa shape index (κ3) is 1.00. The van der Waals surface area contributed by atoms with Crippen molar-refractivity contribution in [2.75, 3.05) is 18.0 Å². The lowest BCUT2D eigenvalue weighted by Crippen LogP contribution is -2.31. The fourth-order valence-electron chi connectivity index (χ4n) is 1.59. The van der Waals surface area contributed by atoms with Crippen LogP contribution in [0.25, 0.3) is 0 Å². The summed E-state index contributed by atoms with van der Waals surface area (Å²) in [4.78, 5) is 6.61. The SMILES string of the molecule is CCN1CCCn2ccnc21. The molecule has 0 saturated carbocycles. The Morgan fingerprint density at radius 1 is 1.55 bits per heavy atom. The molecule has 0 N–H and O–H groups in total. The molecule has 0 unspecified atom stereocenters. The summed E-state index contributed by atoms with van der Waals surface area (Å²) in [5, 5.41) is 0. The number of hydrogen-bond acceptors (Lipinski definition) is 2. The lowest BCUT2D eigenvalue weighted by molar-refractivity contribution is 0.563. The normalized spacial score (nSPS) is 16.6. The van der Waals surface area contributed by atoms with Crippen LogP contribution in [0.1, 0.15) is 13.3 Å². The molecular weight excluding hydrogens is 138 g/mol. The Labute approximate surface area is 66.6 Å². The highest BCUT2D eigenvalue weighted by Crippen LogP contribution is 2.16. The van der Waals surface area contributed by atoms with Crippen LogP contribution in [0.2, 0.25) is 0 Å². The lowest BCUT2D eigenvalue weighted by atomic mass is 10.3. The minimum absolute atomic E-state index is 1.07. The van der Waals surface area contributed by atoms with Gasteiger partial charge in [0, 0.05) is 32.0 Å². The standard InChI is InChI=1S/C8H13N3/c1-2-10-5-3-6-11-7-4-9-8(10)11/h4,7H,2-3,5-6H2,1H3. The predicted octanol–water partition coefficient (Wildman–Crippen LogP) is 1.11. The van der Waals surface area contributed by atoms with Crippen molar-refractivity contribution in [2.24, 2.45) is 0 Å². The van der Waals surface area contributed by atoms with Gasteiger partial charge >= 0.3 is 0 Å². The number of aryl methyl sites for hydroxylation is 1. The van der Waals surface area contributed by atoms with Gasteiger partial charge in [0.15, 0.2) is 0 Å². The first-order chi connectivity index (χ1) is 5.42. The van der Waals surface area contributed by atoms with Gasteiger partial charge in [-0.2, -0.15) is 0 Å². The molecule has 1 aromatic rings. The fourth-order valence-corrected chi connectivity index (χ4v) is 1.59. The van der Waals surface area contributed by atoms with Gasteiger partial charge < -0.3 is 9.47 Å². The van der Waals surface area contributed by atoms with Crippen LogP contribution in [0, 0.1) is 0 Å². The van der Waals surface area contributed by atoms with E-state index in [1.165, 1.54) is 6.42 Å². The Balaban J connectivity index is 2.32. The third-order valence-corrected chi connectivity index (χ3v) is 2.19. The molecule has 2 heterocycles. The molecule has 0 aliphatic carbocycles. The zero-order chi connectivity index (χ0) is 7.68. The molecule has 2 rings (SSSR count). The molecule has 0 saturated heterocycles. The third-order valence-electron chi connectivity index (χ3n) is 2.19. The first kappa shape index (κ1) is 6.70. The van der Waals surface area contributed by atoms with Gasteiger partial charge in [-0.15, -0.1) is 0 Å². The molecule has 1 aliphatic rings. The minimum Gasteiger partial charge on any atom is -0.342 e. The summed E-state index contributed by atoms with van der Waals surface area (Å²) in [5.74, 6) is 1.14. The van der Waals surface area contributed by atoms with E-state index in [0.717, 1.165) is 25.6 Å². The van der Waals surface area contributed by atoms with Gasteiger partial charge in [-0.05, 0) is 13.3 Å². The lowest BCUT2D eigenvalue weighted by Gasteiger charge is -2.27. The first-order valence-corrected chi connectivity index (χ1v) is 4.18. The van der Waals surface area contributed by atoms with E-state index in [4.69, 9.17) is 0 Å². The van der Waals surface area contributed by atoms with E-state index in [0.29, 0.717) is 0 Å². The predicted molar refractivity (Wildman–Crippen MR) is 44.7 cm³/mol. The molecule has 0 aromatic carbocycles. The summed E-state index contributed by atoms with van der Waals surface area (Å²) in [7, 11) is 0. The molecule has 1 aromatic heterocycles. The fraction of sp³-hybridized carbons (Fsp3) is 0.625. The Morgan fingerprint density at radius 2 is 2.45 bits per heavy atom. The van der Waals surface area contributed by atoms with Crippen molar-refractivity contribution in [3.8, 4) is 0 Å². The summed E-state index contributed by atoms with van der Waals surface area (Å²) in [5.41, 5.74) is 0. The summed E-state index contributed by atoms with van der Waals surface area (Å²) < 4.78 is 2.22. The Kier molecular flexibility index (Phi) is 1.56. The minimum atomic E-state index is 1.07. The van der Waals surface area contributed by atoms with Crippen LogP contribution in [0.15, 0.2) is 12.4 Å². The smallest absolute Gasteiger partial charge is 0.205 e. The number of aromatic nitrogens is 2. The Morgan fingerprint density at radius 3 is 3.27 bits per heavy atom. The quantitative estimate of drug-likeness (QED) is 0.599. The second kappa shape index (κ2) is 2.57. The Bertz CT molecular complexity index is 241. The summed E-state index contributed by atoms with van der Waals surface area (Å²) in [6.07, 6.45) is 5.18. The zero-order valence-electron chi connectivity index (χ0n) is 6.82. The molecule has 0 radical (unpaired) electrons. The highest BCUT2D eigenvalue weighted by Gasteiger charge is 2.14. The van der Waals surface area contributed by atoms with Crippen LogP contribution in [0.5, 0.6) is 0 Å². The van der Waals surface area contributed by atoms with E-state index in [9.17, 15) is 0 Å². The number of imidazole rings is 1. The van der Waals surface area contributed by atoms with E-state index >= 15 is 0 Å². The van der Waals surface area contributed by atoms with Crippen molar-refractivity contribution in [3.63, 3.8) is 0 Å². The largest absolute Gasteiger partial charge is 0.342 e. The molecule has 3 heteroatoms. The van der Waals surface area contributed by atoms with E-state index < -0.39 is 0 Å². The van der Waals surface area contributed by atoms with Crippen LogP contribution in [-0.4, -0.2) is 22.6 Å². The second-order valence-corrected chi connectivity index (χ2v) is 2.85. The van der Waals surface area contributed by atoms with Crippen molar-refractivity contribution in [1.29, 1.82) is 0 Å². The second-order valence-electron chi connectivity index (χ2n) is 2.85. The number of fused-ring (bicyclic) bond motifs is 1. The summed E-state index contributed by atoms with van der Waals surface area (Å²) >= 11 is 0. The molecule has 60 valence electrons. The van der Waals surface area contributed by atoms with Crippen LogP contribution in [-0.2, 0) is 6.54 Å². The van der Waals surface area contributed by atoms with Gasteiger partial charge in [-0.25, -0.2) is 4.98 Å². The molecule has 0 spiro atoms. The number of nitrogens with zero attached hydrogens (tertiary/aromatic N) is 3. The summed E-state index contributed by atoms with van der Waals surface area (Å²) in [6, 6.07) is 0. The van der Waals surface area contributed by atoms with Gasteiger partial charge in [0.05, 0.1) is 0 Å². The molecule has 0 atom stereocenters. The topological polar surface area (TPSA) is 21.1 Å². The van der Waals surface area contributed by atoms with Crippen molar-refractivity contribution < 1.29 is 0 Å². The van der Waals surface area contributed by atoms with Crippen LogP contribution >= 0.6 is 0 Å². The van der Waals surface area contributed by atoms with Gasteiger partial charge in [-0.1, -0.05) is 0 Å². The van der Waals surface area contributed by atoms with Gasteiger partial charge in [-0.3, -0.25) is 0 Å². The van der Waals surface area contributed by atoms with Gasteiger partial charge in [0.1, 0.15) is 0 Å². The average Bonchev–Trinajstić information content (AvgIpc) is 2.50. The van der Waals surface area contributed by atoms with Crippen molar-refractivity contribution in [2.45, 2.75) is 19.9 Å². The van der Waals surface area contributed by atoms with Gasteiger partial charge in [0.25, 0.3) is 0 Å². The van der Waals surface area contributed by atoms with E-state index in [-0.39, 0.29) is 0 Å². The molecule has 0 bridgehead atoms. The molecule has 0 fully saturated rings. The molecule has 3 nitrogen and oxygen atoms in total. The monoisotopic (exact) mass is 151 g/mol. The van der Waals surface area contributed by atoms with Crippen LogP contribution in [0.3, 0.4) is 0 Å². The molecule has 1 aliphatic heterocycles. The number of rotatable bonds is 1. The maximum absolute atomic E-state index is 4.30. The zero-order valence-corrected chi connectivity index (χ0v) is 6.82. The maximum Gasteiger partial charge on any atom is 0.205 e. The number of anilines is 1. The van der Waals surface area contributed by atoms with Crippen molar-refractivity contribution >= 4 is 5.95 Å². The molecule has 11 heavy (non-hydrogen) atoms. The Hall–Kier alpha value is -0.990. The highest BCUT2D eigenvalue weighted by atomic mass is 15.3. The van der Waals surface area contributed by atoms with Gasteiger partial charge in [0.2, 0.25) is 5.95 Å². The van der Waals surface area contributed by atoms with Crippen molar-refractivity contribution in [3.05, 3.63) is 12.4 Å². The molecule has 0 amide bonds. The highest BCUT2D eigenvalue weighted by molar-refractivity contribution is 5.32. The maximum atomic E-state index is 4.30. The average molecular weight is 151 g/mol.